The molecule has 0 unspecified atom stereocenters. The number of nitrogens with zero attached hydrogens (tertiary/aromatic N) is 1. The molecule has 0 amide bonds. The smallest absolute Gasteiger partial charge is 0.612 e. The summed E-state index contributed by atoms with van der Waals surface area (Å²) in [6, 6.07) is 0. The zero-order chi connectivity index (χ0) is 8.48. The van der Waals surface area contributed by atoms with Gasteiger partial charge in [0.15, 0.2) is 5.79 Å². The monoisotopic (exact) mass is 183 g/mol. The molecule has 12 heavy (non-hydrogen) atoms. The Hall–Kier alpha value is 0.190. The van der Waals surface area contributed by atoms with Crippen LogP contribution in [0.15, 0.2) is 0 Å². The normalized spacial score (nSPS) is 21.3. The molecule has 1 rings (SSSR count). The summed E-state index contributed by atoms with van der Waals surface area (Å²) >= 11 is 0. The summed E-state index contributed by atoms with van der Waals surface area (Å²) in [5, 5.41) is 20.3. The second-order valence-electron chi connectivity index (χ2n) is 2.80. The Morgan fingerprint density at radius 2 is 1.67 bits per heavy atom. The predicted molar refractivity (Wildman–Crippen MR) is 38.0 cm³/mol. The van der Waals surface area contributed by atoms with E-state index in [2.05, 4.69) is 0 Å². The first kappa shape index (κ1) is 12.2. The molecule has 1 saturated heterocycles. The van der Waals surface area contributed by atoms with Crippen molar-refractivity contribution >= 4 is 5.71 Å². The van der Waals surface area contributed by atoms with Gasteiger partial charge in [0.1, 0.15) is 13.2 Å². The van der Waals surface area contributed by atoms with E-state index in [1.807, 2.05) is 0 Å². The summed E-state index contributed by atoms with van der Waals surface area (Å²) in [5.74, 6) is -0.681. The van der Waals surface area contributed by atoms with Crippen molar-refractivity contribution < 1.29 is 43.9 Å². The fourth-order valence-electron chi connectivity index (χ4n) is 0.703. The van der Waals surface area contributed by atoms with Crippen LogP contribution in [-0.4, -0.2) is 29.6 Å². The van der Waals surface area contributed by atoms with Crippen molar-refractivity contribution in [3.05, 3.63) is 10.4 Å². The van der Waals surface area contributed by atoms with Gasteiger partial charge in [-0.15, -0.1) is 0 Å². The third-order valence-corrected chi connectivity index (χ3v) is 1.43. The van der Waals surface area contributed by atoms with Crippen molar-refractivity contribution in [2.24, 2.45) is 0 Å². The summed E-state index contributed by atoms with van der Waals surface area (Å²) in [5.41, 5.74) is 0.0734. The van der Waals surface area contributed by atoms with Crippen LogP contribution in [-0.2, 0) is 9.47 Å². The molecule has 6 heteroatoms. The van der Waals surface area contributed by atoms with E-state index in [0.29, 0.717) is 0 Å². The summed E-state index contributed by atoms with van der Waals surface area (Å²) in [7, 11) is 0. The van der Waals surface area contributed by atoms with Crippen LogP contribution in [0.4, 0.5) is 0 Å². The van der Waals surface area contributed by atoms with Gasteiger partial charge in [0.2, 0.25) is 5.71 Å². The molecule has 1 fully saturated rings. The van der Waals surface area contributed by atoms with E-state index in [0.717, 1.165) is 0 Å². The number of hydrogen-bond donors (Lipinski definition) is 0. The van der Waals surface area contributed by atoms with Crippen LogP contribution in [0.1, 0.15) is 13.8 Å². The van der Waals surface area contributed by atoms with Crippen molar-refractivity contribution in [1.82, 2.24) is 0 Å². The van der Waals surface area contributed by atoms with Crippen LogP contribution in [0.25, 0.3) is 0 Å². The third-order valence-electron chi connectivity index (χ3n) is 1.43. The Labute approximate surface area is 92.8 Å². The van der Waals surface area contributed by atoms with E-state index < -0.39 is 10.7 Å². The molecule has 0 atom stereocenters. The topological polar surface area (TPSA) is 67.6 Å². The molecular formula is C6H10NNaO4. The van der Waals surface area contributed by atoms with Gasteiger partial charge < -0.3 is 19.9 Å². The second-order valence-corrected chi connectivity index (χ2v) is 2.80. The first-order valence-corrected chi connectivity index (χ1v) is 3.28. The van der Waals surface area contributed by atoms with Gasteiger partial charge in [0.05, 0.1) is 0 Å². The van der Waals surface area contributed by atoms with Crippen molar-refractivity contribution in [3.63, 3.8) is 0 Å². The van der Waals surface area contributed by atoms with E-state index in [9.17, 15) is 10.4 Å². The van der Waals surface area contributed by atoms with Crippen LogP contribution < -0.4 is 29.6 Å². The van der Waals surface area contributed by atoms with Gasteiger partial charge in [0.25, 0.3) is 0 Å². The molecule has 0 radical (unpaired) electrons. The standard InChI is InChI=1S/C6H10NO4.Na/c1-6(2)10-3-5(4-11-6)7(8)9;/h3-4H2,1-2H3;/q-1;+1. The third kappa shape index (κ3) is 3.28. The first-order chi connectivity index (χ1) is 5.01. The molecule has 0 spiro atoms. The summed E-state index contributed by atoms with van der Waals surface area (Å²) in [6.07, 6.45) is 0. The molecule has 0 aromatic rings. The molecule has 0 aromatic carbocycles. The SMILES string of the molecule is CC1(C)OCC(=[N+]([O-])[O-])CO1.[Na+]. The van der Waals surface area contributed by atoms with Gasteiger partial charge in [-0.2, -0.15) is 4.90 Å². The van der Waals surface area contributed by atoms with Crippen LogP contribution in [0.5, 0.6) is 0 Å². The van der Waals surface area contributed by atoms with Crippen LogP contribution in [0, 0.1) is 10.4 Å². The minimum absolute atomic E-state index is 0. The average Bonchev–Trinajstić information content (AvgIpc) is 1.86. The molecule has 1 aliphatic rings. The Kier molecular flexibility index (Phi) is 4.50. The maximum Gasteiger partial charge on any atom is 1.00 e. The van der Waals surface area contributed by atoms with E-state index in [1.165, 1.54) is 0 Å². The van der Waals surface area contributed by atoms with E-state index >= 15 is 0 Å². The Morgan fingerprint density at radius 1 is 1.25 bits per heavy atom. The predicted octanol–water partition coefficient (Wildman–Crippen LogP) is -2.78. The number of ether oxygens (including phenoxy) is 2. The minimum Gasteiger partial charge on any atom is -0.612 e. The Balaban J connectivity index is 0.00000121. The first-order valence-electron chi connectivity index (χ1n) is 3.28. The number of rotatable bonds is 0. The maximum absolute atomic E-state index is 10.2. The summed E-state index contributed by atoms with van der Waals surface area (Å²) in [4.78, 5) is -0.463. The summed E-state index contributed by atoms with van der Waals surface area (Å²) in [6.45, 7) is 3.56. The molecule has 1 heterocycles. The van der Waals surface area contributed by atoms with Crippen LogP contribution in [0.2, 0.25) is 0 Å². The van der Waals surface area contributed by atoms with Crippen molar-refractivity contribution in [3.8, 4) is 0 Å². The van der Waals surface area contributed by atoms with Crippen molar-refractivity contribution in [2.75, 3.05) is 13.2 Å². The van der Waals surface area contributed by atoms with Gasteiger partial charge in [-0.3, -0.25) is 0 Å². The van der Waals surface area contributed by atoms with Gasteiger partial charge in [-0.25, -0.2) is 0 Å². The maximum atomic E-state index is 10.2. The quantitative estimate of drug-likeness (QED) is 0.231. The second kappa shape index (κ2) is 4.43. The largest absolute Gasteiger partial charge is 1.00 e. The fraction of sp³-hybridized carbons (Fsp3) is 0.833. The molecule has 0 aliphatic carbocycles. The Bertz CT molecular complexity index is 176. The fourth-order valence-corrected chi connectivity index (χ4v) is 0.703. The van der Waals surface area contributed by atoms with Crippen molar-refractivity contribution in [2.45, 2.75) is 19.6 Å². The molecule has 1 aliphatic heterocycles. The average molecular weight is 183 g/mol. The number of hydrogen-bond acceptors (Lipinski definition) is 4. The van der Waals surface area contributed by atoms with Gasteiger partial charge in [0, 0.05) is 0 Å². The molecule has 64 valence electrons. The van der Waals surface area contributed by atoms with E-state index in [1.54, 1.807) is 13.8 Å². The van der Waals surface area contributed by atoms with Crippen LogP contribution in [0.3, 0.4) is 0 Å². The zero-order valence-corrected chi connectivity index (χ0v) is 9.49. The zero-order valence-electron chi connectivity index (χ0n) is 7.49. The Morgan fingerprint density at radius 3 is 2.00 bits per heavy atom. The van der Waals surface area contributed by atoms with Crippen LogP contribution >= 0.6 is 0 Å². The molecule has 5 nitrogen and oxygen atoms in total. The molecule has 0 aromatic heterocycles. The van der Waals surface area contributed by atoms with Gasteiger partial charge in [-0.05, 0) is 13.8 Å². The summed E-state index contributed by atoms with van der Waals surface area (Å²) < 4.78 is 10.1. The van der Waals surface area contributed by atoms with E-state index in [-0.39, 0.29) is 48.5 Å². The minimum atomic E-state index is -0.681. The molecule has 0 N–H and O–H groups in total. The van der Waals surface area contributed by atoms with E-state index in [4.69, 9.17) is 9.47 Å². The molecule has 0 saturated carbocycles. The molecule has 0 bridgehead atoms. The van der Waals surface area contributed by atoms with Crippen molar-refractivity contribution in [1.29, 1.82) is 0 Å². The van der Waals surface area contributed by atoms with Gasteiger partial charge >= 0.3 is 29.6 Å². The van der Waals surface area contributed by atoms with Gasteiger partial charge in [-0.1, -0.05) is 0 Å². The molecular weight excluding hydrogens is 173 g/mol.